The SMILES string of the molecule is Cn1cc(C2=CC3CC2N(C(=O)Cc2cc4c(F)c(F)ccc4[nH]c2=O)C3)ccc1=O. The van der Waals surface area contributed by atoms with Gasteiger partial charge < -0.3 is 14.5 Å². The molecule has 1 aliphatic carbocycles. The molecule has 2 aromatic heterocycles. The van der Waals surface area contributed by atoms with Crippen LogP contribution < -0.4 is 11.1 Å². The molecule has 2 unspecified atom stereocenters. The Morgan fingerprint density at radius 2 is 2.00 bits per heavy atom. The van der Waals surface area contributed by atoms with E-state index in [0.29, 0.717) is 6.54 Å². The summed E-state index contributed by atoms with van der Waals surface area (Å²) in [5.41, 5.74) is 1.54. The van der Waals surface area contributed by atoms with Crippen molar-refractivity contribution in [2.75, 3.05) is 6.54 Å². The molecule has 2 aliphatic rings. The number of benzene rings is 1. The molecular formula is C23H19F2N3O3. The van der Waals surface area contributed by atoms with Gasteiger partial charge >= 0.3 is 0 Å². The van der Waals surface area contributed by atoms with Crippen molar-refractivity contribution in [3.63, 3.8) is 0 Å². The third kappa shape index (κ3) is 3.19. The Balaban J connectivity index is 1.43. The standard InChI is InChI=1S/C23H19F2N3O3/c1-27-11-13(2-5-20(27)29)15-6-12-7-19(15)28(10-12)21(30)9-14-8-16-18(26-23(14)31)4-3-17(24)22(16)25/h2-6,8,11-12,19H,7,9-10H2,1H3,(H,26,31). The number of carbonyl (C=O) groups is 1. The maximum absolute atomic E-state index is 14.1. The van der Waals surface area contributed by atoms with Crippen molar-refractivity contribution in [1.29, 1.82) is 0 Å². The van der Waals surface area contributed by atoms with Crippen LogP contribution in [0.4, 0.5) is 8.78 Å². The summed E-state index contributed by atoms with van der Waals surface area (Å²) in [6.45, 7) is 0.549. The number of aromatic amines is 1. The number of carbonyl (C=O) groups excluding carboxylic acids is 1. The Hall–Kier alpha value is -3.55. The van der Waals surface area contributed by atoms with Gasteiger partial charge in [0.1, 0.15) is 0 Å². The molecular weight excluding hydrogens is 404 g/mol. The van der Waals surface area contributed by atoms with Crippen LogP contribution in [0.3, 0.4) is 0 Å². The highest BCUT2D eigenvalue weighted by atomic mass is 19.2. The number of H-pyrrole nitrogens is 1. The highest BCUT2D eigenvalue weighted by Crippen LogP contribution is 2.41. The number of nitrogens with one attached hydrogen (secondary N) is 1. The van der Waals surface area contributed by atoms with Crippen molar-refractivity contribution in [3.05, 3.63) is 86.1 Å². The predicted octanol–water partition coefficient (Wildman–Crippen LogP) is 2.36. The smallest absolute Gasteiger partial charge is 0.252 e. The normalized spacial score (nSPS) is 19.8. The van der Waals surface area contributed by atoms with Crippen molar-refractivity contribution in [2.24, 2.45) is 13.0 Å². The minimum absolute atomic E-state index is 0.0591. The molecule has 5 rings (SSSR count). The van der Waals surface area contributed by atoms with E-state index >= 15 is 0 Å². The Morgan fingerprint density at radius 3 is 2.74 bits per heavy atom. The molecule has 1 aromatic carbocycles. The number of aromatic nitrogens is 2. The molecule has 3 heterocycles. The summed E-state index contributed by atoms with van der Waals surface area (Å²) in [6, 6.07) is 6.61. The lowest BCUT2D eigenvalue weighted by Gasteiger charge is -2.29. The van der Waals surface area contributed by atoms with E-state index in [9.17, 15) is 23.2 Å². The summed E-state index contributed by atoms with van der Waals surface area (Å²) in [7, 11) is 1.68. The first-order chi connectivity index (χ1) is 14.8. The fourth-order valence-electron chi connectivity index (χ4n) is 4.63. The van der Waals surface area contributed by atoms with Crippen LogP contribution in [0.2, 0.25) is 0 Å². The second-order valence-corrected chi connectivity index (χ2v) is 8.17. The summed E-state index contributed by atoms with van der Waals surface area (Å²) in [6.07, 6.45) is 4.47. The number of pyridine rings is 2. The number of amides is 1. The van der Waals surface area contributed by atoms with E-state index in [-0.39, 0.29) is 46.3 Å². The van der Waals surface area contributed by atoms with Gasteiger partial charge in [-0.2, -0.15) is 0 Å². The largest absolute Gasteiger partial charge is 0.335 e. The van der Waals surface area contributed by atoms with Crippen molar-refractivity contribution in [2.45, 2.75) is 18.9 Å². The van der Waals surface area contributed by atoms with E-state index in [2.05, 4.69) is 11.1 Å². The average Bonchev–Trinajstić information content (AvgIpc) is 3.35. The van der Waals surface area contributed by atoms with E-state index in [1.54, 1.807) is 24.2 Å². The molecule has 0 spiro atoms. The maximum atomic E-state index is 14.1. The molecule has 1 N–H and O–H groups in total. The van der Waals surface area contributed by atoms with Gasteiger partial charge in [0.05, 0.1) is 18.0 Å². The molecule has 0 saturated carbocycles. The van der Waals surface area contributed by atoms with Gasteiger partial charge in [0.25, 0.3) is 5.56 Å². The first-order valence-corrected chi connectivity index (χ1v) is 10.00. The fraction of sp³-hybridized carbons (Fsp3) is 0.261. The minimum Gasteiger partial charge on any atom is -0.335 e. The Bertz CT molecular complexity index is 1390. The first-order valence-electron chi connectivity index (χ1n) is 10.00. The number of hydrogen-bond acceptors (Lipinski definition) is 3. The van der Waals surface area contributed by atoms with E-state index in [0.717, 1.165) is 23.6 Å². The van der Waals surface area contributed by atoms with Crippen LogP contribution in [0.25, 0.3) is 16.5 Å². The molecule has 2 bridgehead atoms. The molecule has 6 nitrogen and oxygen atoms in total. The van der Waals surface area contributed by atoms with Crippen LogP contribution in [0.1, 0.15) is 17.5 Å². The summed E-state index contributed by atoms with van der Waals surface area (Å²) in [4.78, 5) is 41.4. The zero-order valence-corrected chi connectivity index (χ0v) is 16.7. The van der Waals surface area contributed by atoms with Gasteiger partial charge in [0.2, 0.25) is 11.5 Å². The van der Waals surface area contributed by atoms with Crippen molar-refractivity contribution < 1.29 is 13.6 Å². The lowest BCUT2D eigenvalue weighted by Crippen LogP contribution is -2.39. The second kappa shape index (κ2) is 7.01. The van der Waals surface area contributed by atoms with E-state index in [1.165, 1.54) is 22.8 Å². The summed E-state index contributed by atoms with van der Waals surface area (Å²) in [5, 5.41) is -0.0591. The lowest BCUT2D eigenvalue weighted by atomic mass is 10.0. The molecule has 1 aliphatic heterocycles. The molecule has 31 heavy (non-hydrogen) atoms. The quantitative estimate of drug-likeness (QED) is 0.703. The molecule has 8 heteroatoms. The number of likely N-dealkylation sites (tertiary alicyclic amines) is 1. The lowest BCUT2D eigenvalue weighted by molar-refractivity contribution is -0.130. The van der Waals surface area contributed by atoms with Gasteiger partial charge in [0.15, 0.2) is 11.6 Å². The van der Waals surface area contributed by atoms with Crippen molar-refractivity contribution >= 4 is 22.4 Å². The second-order valence-electron chi connectivity index (χ2n) is 8.17. The van der Waals surface area contributed by atoms with Gasteiger partial charge in [-0.3, -0.25) is 14.4 Å². The van der Waals surface area contributed by atoms with Gasteiger partial charge in [-0.1, -0.05) is 6.08 Å². The van der Waals surface area contributed by atoms with E-state index < -0.39 is 17.2 Å². The van der Waals surface area contributed by atoms with E-state index in [4.69, 9.17) is 0 Å². The van der Waals surface area contributed by atoms with Crippen LogP contribution in [0, 0.1) is 17.6 Å². The summed E-state index contributed by atoms with van der Waals surface area (Å²) < 4.78 is 29.2. The number of aryl methyl sites for hydroxylation is 1. The topological polar surface area (TPSA) is 75.2 Å². The first kappa shape index (κ1) is 19.4. The zero-order valence-electron chi connectivity index (χ0n) is 16.7. The third-order valence-corrected chi connectivity index (χ3v) is 6.18. The molecule has 158 valence electrons. The van der Waals surface area contributed by atoms with Gasteiger partial charge in [-0.25, -0.2) is 8.78 Å². The van der Waals surface area contributed by atoms with Crippen LogP contribution in [0.15, 0.2) is 52.2 Å². The van der Waals surface area contributed by atoms with Crippen LogP contribution in [0.5, 0.6) is 0 Å². The molecule has 0 radical (unpaired) electrons. The van der Waals surface area contributed by atoms with Gasteiger partial charge in [0, 0.05) is 36.8 Å². The van der Waals surface area contributed by atoms with Crippen LogP contribution >= 0.6 is 0 Å². The third-order valence-electron chi connectivity index (χ3n) is 6.18. The highest BCUT2D eigenvalue weighted by Gasteiger charge is 2.41. The number of fused-ring (bicyclic) bond motifs is 3. The number of hydrogen-bond donors (Lipinski definition) is 1. The van der Waals surface area contributed by atoms with Gasteiger partial charge in [-0.15, -0.1) is 0 Å². The Morgan fingerprint density at radius 1 is 1.19 bits per heavy atom. The van der Waals surface area contributed by atoms with Crippen LogP contribution in [-0.2, 0) is 18.3 Å². The highest BCUT2D eigenvalue weighted by molar-refractivity contribution is 5.86. The maximum Gasteiger partial charge on any atom is 0.252 e. The number of rotatable bonds is 3. The minimum atomic E-state index is -1.05. The molecule has 1 amide bonds. The molecule has 1 fully saturated rings. The summed E-state index contributed by atoms with van der Waals surface area (Å²) in [5.74, 6) is -2.10. The number of nitrogens with zero attached hydrogens (tertiary/aromatic N) is 2. The molecule has 1 saturated heterocycles. The van der Waals surface area contributed by atoms with E-state index in [1.807, 2.05) is 0 Å². The fourth-order valence-corrected chi connectivity index (χ4v) is 4.63. The number of halogens is 2. The van der Waals surface area contributed by atoms with Crippen molar-refractivity contribution in [3.8, 4) is 0 Å². The Kier molecular flexibility index (Phi) is 4.39. The Labute approximate surface area is 175 Å². The predicted molar refractivity (Wildman–Crippen MR) is 111 cm³/mol. The zero-order chi connectivity index (χ0) is 21.9. The van der Waals surface area contributed by atoms with Gasteiger partial charge in [-0.05, 0) is 47.7 Å². The summed E-state index contributed by atoms with van der Waals surface area (Å²) >= 11 is 0. The molecule has 3 aromatic rings. The molecule has 2 atom stereocenters. The average molecular weight is 423 g/mol. The monoisotopic (exact) mass is 423 g/mol. The van der Waals surface area contributed by atoms with Crippen LogP contribution in [-0.4, -0.2) is 32.9 Å². The van der Waals surface area contributed by atoms with Crippen molar-refractivity contribution in [1.82, 2.24) is 14.5 Å².